The summed E-state index contributed by atoms with van der Waals surface area (Å²) in [5, 5.41) is 5.71. The van der Waals surface area contributed by atoms with Gasteiger partial charge in [0.2, 0.25) is 11.7 Å². The highest BCUT2D eigenvalue weighted by atomic mass is 16.7. The molecule has 1 atom stereocenters. The second kappa shape index (κ2) is 6.82. The van der Waals surface area contributed by atoms with E-state index >= 15 is 0 Å². The van der Waals surface area contributed by atoms with Crippen LogP contribution in [0.4, 0.5) is 10.5 Å². The molecule has 0 spiro atoms. The topological polar surface area (TPSA) is 79.9 Å². The molecule has 2 heterocycles. The number of hydrogen-bond donors (Lipinski definition) is 2. The minimum atomic E-state index is -0.697. The highest BCUT2D eigenvalue weighted by Crippen LogP contribution is 2.40. The van der Waals surface area contributed by atoms with Gasteiger partial charge in [-0.1, -0.05) is 0 Å². The van der Waals surface area contributed by atoms with Crippen LogP contribution in [0, 0.1) is 5.92 Å². The summed E-state index contributed by atoms with van der Waals surface area (Å²) in [6.07, 6.45) is 1.64. The maximum absolute atomic E-state index is 12.5. The van der Waals surface area contributed by atoms with Gasteiger partial charge in [-0.3, -0.25) is 4.79 Å². The zero-order valence-corrected chi connectivity index (χ0v) is 14.9. The number of urea groups is 1. The minimum absolute atomic E-state index is 0.0188. The number of carbonyl (C=O) groups is 2. The van der Waals surface area contributed by atoms with Crippen LogP contribution in [-0.4, -0.2) is 42.3 Å². The number of carbonyl (C=O) groups excluding carboxylic acids is 2. The zero-order chi connectivity index (χ0) is 18.0. The number of hydrogen-bond acceptors (Lipinski definition) is 4. The summed E-state index contributed by atoms with van der Waals surface area (Å²) in [5.74, 6) is 0.457. The maximum Gasteiger partial charge on any atom is 0.321 e. The Balaban J connectivity index is 1.62. The van der Waals surface area contributed by atoms with Crippen LogP contribution in [0.2, 0.25) is 0 Å². The van der Waals surface area contributed by atoms with Crippen molar-refractivity contribution in [2.75, 3.05) is 25.0 Å². The summed E-state index contributed by atoms with van der Waals surface area (Å²) in [7, 11) is 0. The van der Waals surface area contributed by atoms with E-state index in [2.05, 4.69) is 10.6 Å². The molecule has 2 aliphatic heterocycles. The normalized spacial score (nSPS) is 20.9. The van der Waals surface area contributed by atoms with Gasteiger partial charge in [0.15, 0.2) is 11.5 Å². The van der Waals surface area contributed by atoms with E-state index in [0.717, 1.165) is 12.8 Å². The predicted octanol–water partition coefficient (Wildman–Crippen LogP) is 2.57. The van der Waals surface area contributed by atoms with Crippen molar-refractivity contribution in [3.05, 3.63) is 18.2 Å². The third-order valence-electron chi connectivity index (χ3n) is 4.34. The van der Waals surface area contributed by atoms with Crippen molar-refractivity contribution < 1.29 is 19.1 Å². The van der Waals surface area contributed by atoms with Crippen LogP contribution in [0.1, 0.15) is 33.6 Å². The molecule has 3 amide bonds. The fraction of sp³-hybridized carbons (Fsp3) is 0.556. The number of fused-ring (bicyclic) bond motifs is 1. The van der Waals surface area contributed by atoms with E-state index in [9.17, 15) is 9.59 Å². The lowest BCUT2D eigenvalue weighted by molar-refractivity contribution is -0.126. The molecular formula is C18H25N3O4. The van der Waals surface area contributed by atoms with E-state index in [-0.39, 0.29) is 17.9 Å². The average molecular weight is 347 g/mol. The molecule has 2 aliphatic rings. The Labute approximate surface area is 147 Å². The third-order valence-corrected chi connectivity index (χ3v) is 4.34. The van der Waals surface area contributed by atoms with Crippen LogP contribution in [0.25, 0.3) is 0 Å². The smallest absolute Gasteiger partial charge is 0.321 e. The Morgan fingerprint density at radius 3 is 2.80 bits per heavy atom. The van der Waals surface area contributed by atoms with Crippen molar-refractivity contribution >= 4 is 17.6 Å². The van der Waals surface area contributed by atoms with E-state index in [1.807, 2.05) is 20.8 Å². The van der Waals surface area contributed by atoms with Gasteiger partial charge in [-0.15, -0.1) is 0 Å². The Hall–Kier alpha value is -2.44. The van der Waals surface area contributed by atoms with Gasteiger partial charge in [0.05, 0.1) is 5.92 Å². The second-order valence-electron chi connectivity index (χ2n) is 6.88. The highest BCUT2D eigenvalue weighted by Gasteiger charge is 2.32. The number of benzene rings is 1. The molecular weight excluding hydrogens is 322 g/mol. The predicted molar refractivity (Wildman–Crippen MR) is 93.8 cm³/mol. The van der Waals surface area contributed by atoms with Crippen molar-refractivity contribution in [3.63, 3.8) is 0 Å². The number of anilines is 1. The molecule has 136 valence electrons. The SMILES string of the molecule is CCNC(=O)C1CCCN(C(=O)Nc2ccc3c(c2)OC(C)(C)O3)C1. The quantitative estimate of drug-likeness (QED) is 0.881. The van der Waals surface area contributed by atoms with Gasteiger partial charge in [0.1, 0.15) is 0 Å². The monoisotopic (exact) mass is 347 g/mol. The fourth-order valence-corrected chi connectivity index (χ4v) is 3.20. The van der Waals surface area contributed by atoms with Gasteiger partial charge in [0.25, 0.3) is 0 Å². The third kappa shape index (κ3) is 3.97. The van der Waals surface area contributed by atoms with Crippen LogP contribution in [0.15, 0.2) is 18.2 Å². The van der Waals surface area contributed by atoms with Gasteiger partial charge in [-0.05, 0) is 31.9 Å². The Kier molecular flexibility index (Phi) is 4.74. The van der Waals surface area contributed by atoms with Gasteiger partial charge in [-0.25, -0.2) is 4.79 Å². The summed E-state index contributed by atoms with van der Waals surface area (Å²) in [6, 6.07) is 5.12. The molecule has 25 heavy (non-hydrogen) atoms. The average Bonchev–Trinajstić information content (AvgIpc) is 2.88. The van der Waals surface area contributed by atoms with Gasteiger partial charge in [0, 0.05) is 45.2 Å². The van der Waals surface area contributed by atoms with Gasteiger partial charge >= 0.3 is 6.03 Å². The number of amides is 3. The summed E-state index contributed by atoms with van der Waals surface area (Å²) in [5.41, 5.74) is 0.644. The largest absolute Gasteiger partial charge is 0.449 e. The van der Waals surface area contributed by atoms with Crippen molar-refractivity contribution in [1.29, 1.82) is 0 Å². The number of likely N-dealkylation sites (tertiary alicyclic amines) is 1. The first-order valence-electron chi connectivity index (χ1n) is 8.73. The molecule has 0 aliphatic carbocycles. The van der Waals surface area contributed by atoms with Crippen molar-refractivity contribution in [2.45, 2.75) is 39.4 Å². The second-order valence-corrected chi connectivity index (χ2v) is 6.88. The number of ether oxygens (including phenoxy) is 2. The van der Waals surface area contributed by atoms with Crippen LogP contribution in [0.5, 0.6) is 11.5 Å². The van der Waals surface area contributed by atoms with Crippen molar-refractivity contribution in [3.8, 4) is 11.5 Å². The molecule has 7 heteroatoms. The number of nitrogens with zero attached hydrogens (tertiary/aromatic N) is 1. The molecule has 2 N–H and O–H groups in total. The van der Waals surface area contributed by atoms with Gasteiger partial charge < -0.3 is 25.0 Å². The molecule has 3 rings (SSSR count). The van der Waals surface area contributed by atoms with Crippen LogP contribution >= 0.6 is 0 Å². The number of piperidine rings is 1. The molecule has 0 aromatic heterocycles. The van der Waals surface area contributed by atoms with Crippen LogP contribution < -0.4 is 20.1 Å². The van der Waals surface area contributed by atoms with E-state index in [4.69, 9.17) is 9.47 Å². The summed E-state index contributed by atoms with van der Waals surface area (Å²) < 4.78 is 11.3. The zero-order valence-electron chi connectivity index (χ0n) is 14.9. The molecule has 1 unspecified atom stereocenters. The summed E-state index contributed by atoms with van der Waals surface area (Å²) >= 11 is 0. The molecule has 1 aromatic carbocycles. The molecule has 7 nitrogen and oxygen atoms in total. The first kappa shape index (κ1) is 17.4. The highest BCUT2D eigenvalue weighted by molar-refractivity contribution is 5.90. The number of rotatable bonds is 3. The molecule has 0 radical (unpaired) electrons. The molecule has 1 saturated heterocycles. The van der Waals surface area contributed by atoms with E-state index < -0.39 is 5.79 Å². The van der Waals surface area contributed by atoms with Crippen molar-refractivity contribution in [1.82, 2.24) is 10.2 Å². The molecule has 0 bridgehead atoms. The van der Waals surface area contributed by atoms with Gasteiger partial charge in [-0.2, -0.15) is 0 Å². The summed E-state index contributed by atoms with van der Waals surface area (Å²) in [6.45, 7) is 7.26. The van der Waals surface area contributed by atoms with Crippen LogP contribution in [-0.2, 0) is 4.79 Å². The standard InChI is InChI=1S/C18H25N3O4/c1-4-19-16(22)12-6-5-9-21(11-12)17(23)20-13-7-8-14-15(10-13)25-18(2,3)24-14/h7-8,10,12H,4-6,9,11H2,1-3H3,(H,19,22)(H,20,23). The van der Waals surface area contributed by atoms with E-state index in [1.54, 1.807) is 23.1 Å². The number of nitrogens with one attached hydrogen (secondary N) is 2. The Bertz CT molecular complexity index is 674. The lowest BCUT2D eigenvalue weighted by Gasteiger charge is -2.32. The lowest BCUT2D eigenvalue weighted by atomic mass is 9.97. The Morgan fingerprint density at radius 1 is 1.28 bits per heavy atom. The Morgan fingerprint density at radius 2 is 2.04 bits per heavy atom. The fourth-order valence-electron chi connectivity index (χ4n) is 3.20. The maximum atomic E-state index is 12.5. The summed E-state index contributed by atoms with van der Waals surface area (Å²) in [4.78, 5) is 26.2. The van der Waals surface area contributed by atoms with Crippen molar-refractivity contribution in [2.24, 2.45) is 5.92 Å². The molecule has 1 aromatic rings. The first-order chi connectivity index (χ1) is 11.9. The minimum Gasteiger partial charge on any atom is -0.449 e. The van der Waals surface area contributed by atoms with E-state index in [0.29, 0.717) is 36.8 Å². The first-order valence-corrected chi connectivity index (χ1v) is 8.73. The lowest BCUT2D eigenvalue weighted by Crippen LogP contribution is -2.46. The molecule has 1 fully saturated rings. The van der Waals surface area contributed by atoms with E-state index in [1.165, 1.54) is 0 Å². The molecule has 0 saturated carbocycles. The van der Waals surface area contributed by atoms with Crippen LogP contribution in [0.3, 0.4) is 0 Å².